The lowest BCUT2D eigenvalue weighted by Gasteiger charge is -2.21. The minimum Gasteiger partial charge on any atom is -0.326 e. The van der Waals surface area contributed by atoms with Gasteiger partial charge in [-0.15, -0.1) is 0 Å². The summed E-state index contributed by atoms with van der Waals surface area (Å²) >= 11 is 0. The SMILES string of the molecule is CC(C)CN(CCC(=O)Nc1cccc(C(F)(F)F)c1)S(C)(=O)=O. The van der Waals surface area contributed by atoms with Crippen molar-refractivity contribution < 1.29 is 26.4 Å². The van der Waals surface area contributed by atoms with Gasteiger partial charge in [-0.05, 0) is 24.1 Å². The summed E-state index contributed by atoms with van der Waals surface area (Å²) in [5.41, 5.74) is -0.845. The lowest BCUT2D eigenvalue weighted by Crippen LogP contribution is -2.35. The highest BCUT2D eigenvalue weighted by atomic mass is 32.2. The van der Waals surface area contributed by atoms with Crippen LogP contribution in [0.5, 0.6) is 0 Å². The molecule has 0 bridgehead atoms. The summed E-state index contributed by atoms with van der Waals surface area (Å²) in [6.07, 6.45) is -3.58. The maximum Gasteiger partial charge on any atom is 0.416 e. The lowest BCUT2D eigenvalue weighted by atomic mass is 10.2. The maximum absolute atomic E-state index is 12.6. The number of hydrogen-bond acceptors (Lipinski definition) is 3. The van der Waals surface area contributed by atoms with Crippen LogP contribution in [0.3, 0.4) is 0 Å². The van der Waals surface area contributed by atoms with Crippen LogP contribution in [-0.4, -0.2) is 38.0 Å². The molecule has 5 nitrogen and oxygen atoms in total. The highest BCUT2D eigenvalue weighted by Gasteiger charge is 2.30. The van der Waals surface area contributed by atoms with Crippen molar-refractivity contribution in [2.75, 3.05) is 24.7 Å². The smallest absolute Gasteiger partial charge is 0.326 e. The van der Waals surface area contributed by atoms with Crippen LogP contribution >= 0.6 is 0 Å². The summed E-state index contributed by atoms with van der Waals surface area (Å²) in [5.74, 6) is -0.460. The zero-order valence-corrected chi connectivity index (χ0v) is 14.5. The van der Waals surface area contributed by atoms with Crippen LogP contribution in [0.15, 0.2) is 24.3 Å². The van der Waals surface area contributed by atoms with Gasteiger partial charge in [-0.2, -0.15) is 13.2 Å². The Labute approximate surface area is 139 Å². The van der Waals surface area contributed by atoms with Gasteiger partial charge in [-0.3, -0.25) is 4.79 Å². The van der Waals surface area contributed by atoms with E-state index in [9.17, 15) is 26.4 Å². The van der Waals surface area contributed by atoms with Gasteiger partial charge in [0.05, 0.1) is 11.8 Å². The van der Waals surface area contributed by atoms with Crippen molar-refractivity contribution in [1.82, 2.24) is 4.31 Å². The number of rotatable bonds is 7. The summed E-state index contributed by atoms with van der Waals surface area (Å²) in [4.78, 5) is 11.9. The molecule has 0 saturated heterocycles. The molecule has 1 rings (SSSR count). The monoisotopic (exact) mass is 366 g/mol. The van der Waals surface area contributed by atoms with Crippen molar-refractivity contribution in [3.63, 3.8) is 0 Å². The Balaban J connectivity index is 2.69. The molecule has 24 heavy (non-hydrogen) atoms. The highest BCUT2D eigenvalue weighted by Crippen LogP contribution is 2.30. The van der Waals surface area contributed by atoms with Gasteiger partial charge in [0, 0.05) is 25.2 Å². The van der Waals surface area contributed by atoms with Crippen LogP contribution < -0.4 is 5.32 Å². The minimum atomic E-state index is -4.49. The second kappa shape index (κ2) is 7.98. The molecular formula is C15H21F3N2O3S. The normalized spacial score (nSPS) is 12.7. The first kappa shape index (κ1) is 20.4. The van der Waals surface area contributed by atoms with Gasteiger partial charge in [0.2, 0.25) is 15.9 Å². The number of amides is 1. The van der Waals surface area contributed by atoms with Crippen LogP contribution in [-0.2, 0) is 21.0 Å². The van der Waals surface area contributed by atoms with Crippen molar-refractivity contribution in [2.45, 2.75) is 26.4 Å². The van der Waals surface area contributed by atoms with Crippen molar-refractivity contribution in [2.24, 2.45) is 5.92 Å². The summed E-state index contributed by atoms with van der Waals surface area (Å²) in [5, 5.41) is 2.35. The molecule has 0 aliphatic carbocycles. The first-order valence-electron chi connectivity index (χ1n) is 7.32. The predicted octanol–water partition coefficient (Wildman–Crippen LogP) is 2.95. The van der Waals surface area contributed by atoms with E-state index in [2.05, 4.69) is 5.32 Å². The fourth-order valence-electron chi connectivity index (χ4n) is 2.02. The van der Waals surface area contributed by atoms with Crippen molar-refractivity contribution >= 4 is 21.6 Å². The van der Waals surface area contributed by atoms with Gasteiger partial charge in [0.15, 0.2) is 0 Å². The van der Waals surface area contributed by atoms with Crippen molar-refractivity contribution in [3.8, 4) is 0 Å². The van der Waals surface area contributed by atoms with E-state index in [0.717, 1.165) is 18.4 Å². The molecule has 0 aliphatic heterocycles. The second-order valence-electron chi connectivity index (χ2n) is 5.89. The molecule has 0 atom stereocenters. The number of nitrogens with zero attached hydrogens (tertiary/aromatic N) is 1. The molecule has 0 fully saturated rings. The minimum absolute atomic E-state index is 0.0181. The molecule has 0 unspecified atom stereocenters. The molecule has 1 N–H and O–H groups in total. The molecule has 0 radical (unpaired) electrons. The van der Waals surface area contributed by atoms with Crippen LogP contribution in [0, 0.1) is 5.92 Å². The van der Waals surface area contributed by atoms with Crippen LogP contribution in [0.1, 0.15) is 25.8 Å². The Morgan fingerprint density at radius 3 is 2.42 bits per heavy atom. The zero-order chi connectivity index (χ0) is 18.5. The third kappa shape index (κ3) is 6.88. The van der Waals surface area contributed by atoms with Gasteiger partial charge in [-0.1, -0.05) is 19.9 Å². The van der Waals surface area contributed by atoms with Crippen molar-refractivity contribution in [3.05, 3.63) is 29.8 Å². The number of carbonyl (C=O) groups excluding carboxylic acids is 1. The molecule has 0 heterocycles. The second-order valence-corrected chi connectivity index (χ2v) is 7.87. The van der Waals surface area contributed by atoms with E-state index in [1.165, 1.54) is 16.4 Å². The van der Waals surface area contributed by atoms with E-state index >= 15 is 0 Å². The predicted molar refractivity (Wildman–Crippen MR) is 85.9 cm³/mol. The highest BCUT2D eigenvalue weighted by molar-refractivity contribution is 7.88. The summed E-state index contributed by atoms with van der Waals surface area (Å²) in [6, 6.07) is 4.28. The largest absolute Gasteiger partial charge is 0.416 e. The van der Waals surface area contributed by atoms with Crippen LogP contribution in [0.25, 0.3) is 0 Å². The zero-order valence-electron chi connectivity index (χ0n) is 13.7. The Hall–Kier alpha value is -1.61. The number of carbonyl (C=O) groups is 1. The fraction of sp³-hybridized carbons (Fsp3) is 0.533. The van der Waals surface area contributed by atoms with Gasteiger partial charge in [0.1, 0.15) is 0 Å². The molecule has 0 aromatic heterocycles. The van der Waals surface area contributed by atoms with Crippen LogP contribution in [0.4, 0.5) is 18.9 Å². The summed E-state index contributed by atoms with van der Waals surface area (Å²) < 4.78 is 62.4. The Morgan fingerprint density at radius 2 is 1.92 bits per heavy atom. The molecule has 1 aromatic rings. The molecular weight excluding hydrogens is 345 g/mol. The van der Waals surface area contributed by atoms with E-state index in [4.69, 9.17) is 0 Å². The fourth-order valence-corrected chi connectivity index (χ4v) is 3.01. The summed E-state index contributed by atoms with van der Waals surface area (Å²) in [6.45, 7) is 3.94. The number of halogens is 3. The standard InChI is InChI=1S/C15H21F3N2O3S/c1-11(2)10-20(24(3,22)23)8-7-14(21)19-13-6-4-5-12(9-13)15(16,17)18/h4-6,9,11H,7-8,10H2,1-3H3,(H,19,21). The number of hydrogen-bond donors (Lipinski definition) is 1. The molecule has 1 amide bonds. The number of nitrogens with one attached hydrogen (secondary N) is 1. The van der Waals surface area contributed by atoms with E-state index in [1.807, 2.05) is 13.8 Å². The Bertz CT molecular complexity index is 673. The number of anilines is 1. The third-order valence-corrected chi connectivity index (χ3v) is 4.37. The van der Waals surface area contributed by atoms with E-state index in [0.29, 0.717) is 0 Å². The molecule has 0 saturated carbocycles. The van der Waals surface area contributed by atoms with E-state index < -0.39 is 27.7 Å². The first-order valence-corrected chi connectivity index (χ1v) is 9.16. The van der Waals surface area contributed by atoms with Crippen LogP contribution in [0.2, 0.25) is 0 Å². The van der Waals surface area contributed by atoms with Gasteiger partial charge in [0.25, 0.3) is 0 Å². The van der Waals surface area contributed by atoms with E-state index in [-0.39, 0.29) is 31.1 Å². The topological polar surface area (TPSA) is 66.5 Å². The average Bonchev–Trinajstić information content (AvgIpc) is 2.41. The molecule has 136 valence electrons. The first-order chi connectivity index (χ1) is 10.9. The Morgan fingerprint density at radius 1 is 1.29 bits per heavy atom. The third-order valence-electron chi connectivity index (χ3n) is 3.10. The maximum atomic E-state index is 12.6. The number of sulfonamides is 1. The average molecular weight is 366 g/mol. The molecule has 0 spiro atoms. The Kier molecular flexibility index (Phi) is 6.79. The summed E-state index contributed by atoms with van der Waals surface area (Å²) in [7, 11) is -3.45. The molecule has 1 aromatic carbocycles. The quantitative estimate of drug-likeness (QED) is 0.807. The van der Waals surface area contributed by atoms with Gasteiger partial charge < -0.3 is 5.32 Å². The number of benzene rings is 1. The van der Waals surface area contributed by atoms with Crippen molar-refractivity contribution in [1.29, 1.82) is 0 Å². The van der Waals surface area contributed by atoms with E-state index in [1.54, 1.807) is 0 Å². The van der Waals surface area contributed by atoms with Gasteiger partial charge in [-0.25, -0.2) is 12.7 Å². The number of alkyl halides is 3. The molecule has 9 heteroatoms. The molecule has 0 aliphatic rings. The lowest BCUT2D eigenvalue weighted by molar-refractivity contribution is -0.137. The van der Waals surface area contributed by atoms with Gasteiger partial charge >= 0.3 is 6.18 Å².